The van der Waals surface area contributed by atoms with Gasteiger partial charge in [0.15, 0.2) is 0 Å². The lowest BCUT2D eigenvalue weighted by atomic mass is 10.3. The molecule has 2 aromatic heterocycles. The summed E-state index contributed by atoms with van der Waals surface area (Å²) in [4.78, 5) is 22.2. The Hall–Kier alpha value is -2.71. The Morgan fingerprint density at radius 2 is 2.15 bits per heavy atom. The molecular weight excluding hydrogens is 264 g/mol. The largest absolute Gasteiger partial charge is 0.345 e. The zero-order chi connectivity index (χ0) is 14.9. The van der Waals surface area contributed by atoms with E-state index in [1.54, 1.807) is 11.7 Å². The fraction of sp³-hybridized carbons (Fsp3) is 0.364. The third kappa shape index (κ3) is 2.51. The Morgan fingerprint density at radius 1 is 1.45 bits per heavy atom. The minimum atomic E-state index is -0.629. The number of carbonyl (C=O) groups is 1. The SMILES string of the molecule is Cc1cc(CNC(=O)c2c([N+](=O)[O-])cnn2C)n(C)n1. The summed E-state index contributed by atoms with van der Waals surface area (Å²) in [5.74, 6) is -0.546. The number of nitrogens with one attached hydrogen (secondary N) is 1. The van der Waals surface area contributed by atoms with Crippen LogP contribution in [0.3, 0.4) is 0 Å². The van der Waals surface area contributed by atoms with Crippen molar-refractivity contribution < 1.29 is 9.72 Å². The van der Waals surface area contributed by atoms with Crippen LogP contribution in [0.4, 0.5) is 5.69 Å². The number of nitro groups is 1. The van der Waals surface area contributed by atoms with Crippen LogP contribution in [-0.4, -0.2) is 30.4 Å². The van der Waals surface area contributed by atoms with E-state index in [9.17, 15) is 14.9 Å². The van der Waals surface area contributed by atoms with Crippen LogP contribution >= 0.6 is 0 Å². The molecule has 0 aromatic carbocycles. The maximum absolute atomic E-state index is 12.0. The van der Waals surface area contributed by atoms with Crippen LogP contribution in [0.15, 0.2) is 12.3 Å². The second kappa shape index (κ2) is 5.11. The maximum Gasteiger partial charge on any atom is 0.320 e. The van der Waals surface area contributed by atoms with Gasteiger partial charge in [0, 0.05) is 14.1 Å². The van der Waals surface area contributed by atoms with Crippen LogP contribution in [0.2, 0.25) is 0 Å². The molecule has 0 saturated carbocycles. The van der Waals surface area contributed by atoms with Crippen LogP contribution in [-0.2, 0) is 20.6 Å². The molecule has 0 aliphatic heterocycles. The smallest absolute Gasteiger partial charge is 0.320 e. The molecule has 2 heterocycles. The van der Waals surface area contributed by atoms with Gasteiger partial charge in [0.2, 0.25) is 5.69 Å². The molecule has 20 heavy (non-hydrogen) atoms. The number of aryl methyl sites for hydroxylation is 3. The van der Waals surface area contributed by atoms with Crippen LogP contribution < -0.4 is 5.32 Å². The molecule has 0 fully saturated rings. The lowest BCUT2D eigenvalue weighted by Gasteiger charge is -2.05. The summed E-state index contributed by atoms with van der Waals surface area (Å²) < 4.78 is 2.83. The summed E-state index contributed by atoms with van der Waals surface area (Å²) in [6.45, 7) is 2.08. The molecule has 2 rings (SSSR count). The number of hydrogen-bond acceptors (Lipinski definition) is 5. The van der Waals surface area contributed by atoms with Crippen molar-refractivity contribution in [1.29, 1.82) is 0 Å². The van der Waals surface area contributed by atoms with Crippen molar-refractivity contribution in [1.82, 2.24) is 24.9 Å². The van der Waals surface area contributed by atoms with Gasteiger partial charge < -0.3 is 5.32 Å². The van der Waals surface area contributed by atoms with E-state index in [0.717, 1.165) is 17.6 Å². The molecule has 0 atom stereocenters. The van der Waals surface area contributed by atoms with E-state index in [0.29, 0.717) is 0 Å². The van der Waals surface area contributed by atoms with Crippen molar-refractivity contribution in [2.75, 3.05) is 0 Å². The van der Waals surface area contributed by atoms with Crippen LogP contribution in [0.1, 0.15) is 21.9 Å². The zero-order valence-electron chi connectivity index (χ0n) is 11.3. The van der Waals surface area contributed by atoms with Gasteiger partial charge in [-0.1, -0.05) is 0 Å². The fourth-order valence-corrected chi connectivity index (χ4v) is 1.91. The zero-order valence-corrected chi connectivity index (χ0v) is 11.3. The highest BCUT2D eigenvalue weighted by Gasteiger charge is 2.25. The average Bonchev–Trinajstić information content (AvgIpc) is 2.89. The highest BCUT2D eigenvalue weighted by atomic mass is 16.6. The van der Waals surface area contributed by atoms with E-state index in [1.165, 1.54) is 11.7 Å². The van der Waals surface area contributed by atoms with Crippen molar-refractivity contribution in [2.45, 2.75) is 13.5 Å². The van der Waals surface area contributed by atoms with E-state index >= 15 is 0 Å². The first-order valence-electron chi connectivity index (χ1n) is 5.84. The highest BCUT2D eigenvalue weighted by Crippen LogP contribution is 2.16. The first-order chi connectivity index (χ1) is 9.40. The summed E-state index contributed by atoms with van der Waals surface area (Å²) in [5.41, 5.74) is 1.25. The molecule has 0 radical (unpaired) electrons. The predicted octanol–water partition coefficient (Wildman–Crippen LogP) is 0.300. The Kier molecular flexibility index (Phi) is 3.51. The minimum Gasteiger partial charge on any atom is -0.345 e. The molecule has 0 bridgehead atoms. The van der Waals surface area contributed by atoms with Gasteiger partial charge >= 0.3 is 5.69 Å². The Bertz CT molecular complexity index is 672. The lowest BCUT2D eigenvalue weighted by Crippen LogP contribution is -2.26. The first kappa shape index (κ1) is 13.7. The van der Waals surface area contributed by atoms with Crippen molar-refractivity contribution in [3.8, 4) is 0 Å². The Labute approximate surface area is 114 Å². The number of carbonyl (C=O) groups excluding carboxylic acids is 1. The highest BCUT2D eigenvalue weighted by molar-refractivity contribution is 5.96. The number of aromatic nitrogens is 4. The fourth-order valence-electron chi connectivity index (χ4n) is 1.91. The maximum atomic E-state index is 12.0. The van der Waals surface area contributed by atoms with Gasteiger partial charge in [0.25, 0.3) is 5.91 Å². The Morgan fingerprint density at radius 3 is 2.70 bits per heavy atom. The molecule has 0 aliphatic rings. The molecular formula is C11H14N6O3. The molecule has 0 spiro atoms. The third-order valence-corrected chi connectivity index (χ3v) is 2.86. The molecule has 106 valence electrons. The van der Waals surface area contributed by atoms with E-state index in [2.05, 4.69) is 15.5 Å². The summed E-state index contributed by atoms with van der Waals surface area (Å²) in [7, 11) is 3.25. The monoisotopic (exact) mass is 278 g/mol. The quantitative estimate of drug-likeness (QED) is 0.639. The standard InChI is InChI=1S/C11H14N6O3/c1-7-4-8(15(2)14-7)5-12-11(18)10-9(17(19)20)6-13-16(10)3/h4,6H,5H2,1-3H3,(H,12,18). The van der Waals surface area contributed by atoms with Gasteiger partial charge in [-0.15, -0.1) is 0 Å². The normalized spacial score (nSPS) is 10.6. The molecule has 1 N–H and O–H groups in total. The molecule has 0 unspecified atom stereocenters. The molecule has 9 nitrogen and oxygen atoms in total. The van der Waals surface area contributed by atoms with Crippen LogP contribution in [0, 0.1) is 17.0 Å². The predicted molar refractivity (Wildman–Crippen MR) is 69.0 cm³/mol. The molecule has 2 aromatic rings. The van der Waals surface area contributed by atoms with Crippen molar-refractivity contribution in [3.63, 3.8) is 0 Å². The number of amides is 1. The van der Waals surface area contributed by atoms with Crippen molar-refractivity contribution >= 4 is 11.6 Å². The second-order valence-electron chi connectivity index (χ2n) is 4.34. The number of rotatable bonds is 4. The van der Waals surface area contributed by atoms with E-state index in [-0.39, 0.29) is 17.9 Å². The number of nitrogens with zero attached hydrogens (tertiary/aromatic N) is 5. The van der Waals surface area contributed by atoms with Crippen molar-refractivity contribution in [2.24, 2.45) is 14.1 Å². The summed E-state index contributed by atoms with van der Waals surface area (Å²) in [5, 5.41) is 21.3. The summed E-state index contributed by atoms with van der Waals surface area (Å²) in [6, 6.07) is 1.83. The minimum absolute atomic E-state index is 0.0751. The van der Waals surface area contributed by atoms with Gasteiger partial charge in [0.05, 0.1) is 22.9 Å². The van der Waals surface area contributed by atoms with E-state index in [4.69, 9.17) is 0 Å². The topological polar surface area (TPSA) is 108 Å². The lowest BCUT2D eigenvalue weighted by molar-refractivity contribution is -0.385. The van der Waals surface area contributed by atoms with E-state index < -0.39 is 10.8 Å². The van der Waals surface area contributed by atoms with Crippen LogP contribution in [0.25, 0.3) is 0 Å². The van der Waals surface area contributed by atoms with E-state index in [1.807, 2.05) is 13.0 Å². The van der Waals surface area contributed by atoms with Gasteiger partial charge in [-0.05, 0) is 13.0 Å². The summed E-state index contributed by atoms with van der Waals surface area (Å²) in [6.07, 6.45) is 1.06. The average molecular weight is 278 g/mol. The van der Waals surface area contributed by atoms with Crippen molar-refractivity contribution in [3.05, 3.63) is 39.5 Å². The number of hydrogen-bond donors (Lipinski definition) is 1. The molecule has 1 amide bonds. The third-order valence-electron chi connectivity index (χ3n) is 2.86. The van der Waals surface area contributed by atoms with Gasteiger partial charge in [-0.3, -0.25) is 24.3 Å². The van der Waals surface area contributed by atoms with Crippen LogP contribution in [0.5, 0.6) is 0 Å². The first-order valence-corrected chi connectivity index (χ1v) is 5.84. The molecule has 0 saturated heterocycles. The van der Waals surface area contributed by atoms with Gasteiger partial charge in [-0.25, -0.2) is 0 Å². The molecule has 9 heteroatoms. The van der Waals surface area contributed by atoms with Gasteiger partial charge in [-0.2, -0.15) is 10.2 Å². The van der Waals surface area contributed by atoms with Gasteiger partial charge in [0.1, 0.15) is 6.20 Å². The summed E-state index contributed by atoms with van der Waals surface area (Å²) >= 11 is 0. The second-order valence-corrected chi connectivity index (χ2v) is 4.34. The Balaban J connectivity index is 2.15. The molecule has 0 aliphatic carbocycles.